The van der Waals surface area contributed by atoms with Crippen LogP contribution in [0, 0.1) is 0 Å². The number of carbonyl (C=O) groups excluding carboxylic acids is 2. The molecule has 100 valence electrons. The van der Waals surface area contributed by atoms with Crippen LogP contribution in [0.2, 0.25) is 0 Å². The maximum absolute atomic E-state index is 13.3. The Morgan fingerprint density at radius 3 is 2.61 bits per heavy atom. The molecule has 7 heteroatoms. The molecular formula is C11H16FN3O3. The molecule has 0 aromatic rings. The molecule has 0 N–H and O–H groups in total. The molecule has 0 radical (unpaired) electrons. The van der Waals surface area contributed by atoms with Gasteiger partial charge in [-0.2, -0.15) is 4.79 Å². The van der Waals surface area contributed by atoms with Crippen LogP contribution in [0.4, 0.5) is 9.18 Å². The van der Waals surface area contributed by atoms with Crippen molar-refractivity contribution >= 4 is 18.1 Å². The summed E-state index contributed by atoms with van der Waals surface area (Å²) in [4.78, 5) is 27.0. The molecular weight excluding hydrogens is 241 g/mol. The Bertz CT molecular complexity index is 399. The van der Waals surface area contributed by atoms with Crippen molar-refractivity contribution in [3.63, 3.8) is 0 Å². The minimum Gasteiger partial charge on any atom is -0.444 e. The molecule has 1 aliphatic rings. The van der Waals surface area contributed by atoms with E-state index in [9.17, 15) is 14.0 Å². The lowest BCUT2D eigenvalue weighted by Crippen LogP contribution is -2.43. The van der Waals surface area contributed by atoms with Crippen molar-refractivity contribution < 1.29 is 23.5 Å². The number of likely N-dealkylation sites (tertiary alicyclic amines) is 1. The van der Waals surface area contributed by atoms with E-state index in [-0.39, 0.29) is 13.0 Å². The fourth-order valence-corrected chi connectivity index (χ4v) is 1.72. The molecule has 2 atom stereocenters. The lowest BCUT2D eigenvalue weighted by molar-refractivity contribution is -0.120. The van der Waals surface area contributed by atoms with Crippen LogP contribution in [0.1, 0.15) is 27.2 Å². The first-order valence-corrected chi connectivity index (χ1v) is 5.59. The van der Waals surface area contributed by atoms with Crippen LogP contribution in [0.15, 0.2) is 0 Å². The first kappa shape index (κ1) is 14.3. The molecule has 0 unspecified atom stereocenters. The monoisotopic (exact) mass is 257 g/mol. The van der Waals surface area contributed by atoms with Crippen molar-refractivity contribution in [1.29, 1.82) is 0 Å². The normalized spacial score (nSPS) is 23.4. The number of alkyl halides is 1. The Morgan fingerprint density at radius 2 is 2.11 bits per heavy atom. The average molecular weight is 257 g/mol. The molecule has 1 fully saturated rings. The highest BCUT2D eigenvalue weighted by atomic mass is 19.1. The van der Waals surface area contributed by atoms with E-state index in [1.165, 1.54) is 0 Å². The highest BCUT2D eigenvalue weighted by Gasteiger charge is 2.42. The zero-order valence-corrected chi connectivity index (χ0v) is 10.6. The Kier molecular flexibility index (Phi) is 4.19. The van der Waals surface area contributed by atoms with Crippen LogP contribution in [0.3, 0.4) is 0 Å². The molecule has 1 rings (SSSR count). The Balaban J connectivity index is 2.81. The quantitative estimate of drug-likeness (QED) is 0.423. The first-order valence-electron chi connectivity index (χ1n) is 5.59. The number of Topliss-reactive ketones (excluding diaryl/α,β-unsaturated/α-hetero) is 1. The van der Waals surface area contributed by atoms with Gasteiger partial charge in [-0.1, -0.05) is 0 Å². The van der Waals surface area contributed by atoms with Gasteiger partial charge < -0.3 is 10.3 Å². The molecule has 1 aliphatic heterocycles. The van der Waals surface area contributed by atoms with Gasteiger partial charge in [0.2, 0.25) is 0 Å². The summed E-state index contributed by atoms with van der Waals surface area (Å²) in [5.74, 6) is -0.622. The van der Waals surface area contributed by atoms with Crippen molar-refractivity contribution in [1.82, 2.24) is 4.90 Å². The van der Waals surface area contributed by atoms with Gasteiger partial charge in [0.15, 0.2) is 0 Å². The Hall–Kier alpha value is -1.75. The summed E-state index contributed by atoms with van der Waals surface area (Å²) in [6, 6.07) is -0.967. The second-order valence-corrected chi connectivity index (χ2v) is 5.13. The molecule has 0 saturated carbocycles. The van der Waals surface area contributed by atoms with Gasteiger partial charge in [0.05, 0.1) is 6.54 Å². The lowest BCUT2D eigenvalue weighted by Gasteiger charge is -2.26. The summed E-state index contributed by atoms with van der Waals surface area (Å²) < 4.78 is 18.4. The highest BCUT2D eigenvalue weighted by molar-refractivity contribution is 6.28. The number of rotatable bonds is 2. The lowest BCUT2D eigenvalue weighted by atomic mass is 10.1. The average Bonchev–Trinajstić information content (AvgIpc) is 2.58. The minimum absolute atomic E-state index is 0.107. The van der Waals surface area contributed by atoms with Crippen LogP contribution >= 0.6 is 0 Å². The van der Waals surface area contributed by atoms with Gasteiger partial charge in [0, 0.05) is 6.42 Å². The highest BCUT2D eigenvalue weighted by Crippen LogP contribution is 2.23. The van der Waals surface area contributed by atoms with Crippen LogP contribution < -0.4 is 0 Å². The third kappa shape index (κ3) is 3.63. The fourth-order valence-electron chi connectivity index (χ4n) is 1.72. The van der Waals surface area contributed by atoms with Crippen LogP contribution in [0.5, 0.6) is 0 Å². The van der Waals surface area contributed by atoms with Gasteiger partial charge in [0.1, 0.15) is 17.8 Å². The SMILES string of the molecule is CC(C)(C)OC(=O)N1C[C@@H](F)C[C@@H]1C(=O)C=[N+]=[N-]. The number of ketones is 1. The predicted octanol–water partition coefficient (Wildman–Crippen LogP) is 1.20. The van der Waals surface area contributed by atoms with Gasteiger partial charge >= 0.3 is 12.3 Å². The van der Waals surface area contributed by atoms with E-state index in [4.69, 9.17) is 10.3 Å². The van der Waals surface area contributed by atoms with E-state index in [0.29, 0.717) is 6.21 Å². The van der Waals surface area contributed by atoms with Crippen molar-refractivity contribution in [2.75, 3.05) is 6.54 Å². The Morgan fingerprint density at radius 1 is 1.50 bits per heavy atom. The number of hydrogen-bond donors (Lipinski definition) is 0. The number of amides is 1. The number of hydrogen-bond acceptors (Lipinski definition) is 3. The molecule has 0 bridgehead atoms. The van der Waals surface area contributed by atoms with Gasteiger partial charge in [0.25, 0.3) is 5.78 Å². The van der Waals surface area contributed by atoms with Crippen LogP contribution in [0.25, 0.3) is 5.53 Å². The number of carbonyl (C=O) groups is 2. The first-order chi connectivity index (χ1) is 8.24. The van der Waals surface area contributed by atoms with Crippen molar-refractivity contribution in [3.8, 4) is 0 Å². The van der Waals surface area contributed by atoms with E-state index in [2.05, 4.69) is 4.79 Å². The van der Waals surface area contributed by atoms with Gasteiger partial charge in [-0.25, -0.2) is 9.18 Å². The van der Waals surface area contributed by atoms with Crippen molar-refractivity contribution in [2.45, 2.75) is 45.0 Å². The van der Waals surface area contributed by atoms with Gasteiger partial charge in [-0.3, -0.25) is 9.69 Å². The maximum Gasteiger partial charge on any atom is 0.411 e. The molecule has 1 heterocycles. The molecule has 6 nitrogen and oxygen atoms in total. The zero-order valence-electron chi connectivity index (χ0n) is 10.6. The molecule has 0 aromatic carbocycles. The summed E-state index contributed by atoms with van der Waals surface area (Å²) >= 11 is 0. The van der Waals surface area contributed by atoms with Crippen LogP contribution in [-0.2, 0) is 9.53 Å². The minimum atomic E-state index is -1.28. The molecule has 0 aliphatic carbocycles. The van der Waals surface area contributed by atoms with Gasteiger partial charge in [-0.15, -0.1) is 0 Å². The van der Waals surface area contributed by atoms with E-state index in [0.717, 1.165) is 4.90 Å². The molecule has 0 aromatic heterocycles. The number of ether oxygens (including phenoxy) is 1. The van der Waals surface area contributed by atoms with E-state index >= 15 is 0 Å². The van der Waals surface area contributed by atoms with Crippen molar-refractivity contribution in [3.05, 3.63) is 5.53 Å². The predicted molar refractivity (Wildman–Crippen MR) is 60.9 cm³/mol. The zero-order chi connectivity index (χ0) is 13.9. The largest absolute Gasteiger partial charge is 0.444 e. The maximum atomic E-state index is 13.3. The Labute approximate surface area is 104 Å². The van der Waals surface area contributed by atoms with Crippen molar-refractivity contribution in [2.24, 2.45) is 0 Å². The standard InChI is InChI=1S/C11H16FN3O3/c1-11(2,3)18-10(17)15-6-7(12)4-8(15)9(16)5-14-13/h5,7-8H,4,6H2,1-3H3/t7-,8+/m0/s1. The second-order valence-electron chi connectivity index (χ2n) is 5.13. The molecule has 1 amide bonds. The fraction of sp³-hybridized carbons (Fsp3) is 0.727. The molecule has 1 saturated heterocycles. The third-order valence-corrected chi connectivity index (χ3v) is 2.39. The smallest absolute Gasteiger partial charge is 0.411 e. The topological polar surface area (TPSA) is 83.0 Å². The summed E-state index contributed by atoms with van der Waals surface area (Å²) in [5, 5.41) is 0. The number of nitrogens with zero attached hydrogens (tertiary/aromatic N) is 3. The third-order valence-electron chi connectivity index (χ3n) is 2.39. The van der Waals surface area contributed by atoms with Gasteiger partial charge in [-0.05, 0) is 20.8 Å². The van der Waals surface area contributed by atoms with Crippen LogP contribution in [-0.4, -0.2) is 52.1 Å². The van der Waals surface area contributed by atoms with E-state index < -0.39 is 29.7 Å². The summed E-state index contributed by atoms with van der Waals surface area (Å²) in [6.45, 7) is 4.85. The molecule has 0 spiro atoms. The summed E-state index contributed by atoms with van der Waals surface area (Å²) in [7, 11) is 0. The summed E-state index contributed by atoms with van der Waals surface area (Å²) in [6.07, 6.45) is -1.46. The number of halogens is 1. The van der Waals surface area contributed by atoms with E-state index in [1.54, 1.807) is 20.8 Å². The summed E-state index contributed by atoms with van der Waals surface area (Å²) in [5.41, 5.74) is 7.58. The van der Waals surface area contributed by atoms with E-state index in [1.807, 2.05) is 0 Å². The second kappa shape index (κ2) is 5.27. The molecule has 18 heavy (non-hydrogen) atoms.